The van der Waals surface area contributed by atoms with E-state index < -0.39 is 11.1 Å². The van der Waals surface area contributed by atoms with Crippen LogP contribution < -0.4 is 5.32 Å². The van der Waals surface area contributed by atoms with E-state index >= 15 is 0 Å². The molecule has 12 heavy (non-hydrogen) atoms. The summed E-state index contributed by atoms with van der Waals surface area (Å²) in [5, 5.41) is 9.05. The van der Waals surface area contributed by atoms with Crippen molar-refractivity contribution >= 4 is 46.0 Å². The fourth-order valence-corrected chi connectivity index (χ4v) is 0.163. The second kappa shape index (κ2) is 10.5. The van der Waals surface area contributed by atoms with E-state index in [1.807, 2.05) is 5.32 Å². The standard InChI is InChI=1S/C3H3ClN2O.C2H2Cl2O/c4-1-3(7)6-2-5;3-1-2(4)5/h1H2,(H,6,7);1H2. The molecule has 0 saturated carbocycles. The summed E-state index contributed by atoms with van der Waals surface area (Å²) in [6, 6.07) is 0. The molecule has 1 N–H and O–H groups in total. The van der Waals surface area contributed by atoms with Gasteiger partial charge in [-0.1, -0.05) is 0 Å². The minimum absolute atomic E-state index is 0.0957. The van der Waals surface area contributed by atoms with Crippen molar-refractivity contribution in [1.29, 1.82) is 5.26 Å². The highest BCUT2D eigenvalue weighted by Crippen LogP contribution is 1.80. The van der Waals surface area contributed by atoms with Gasteiger partial charge in [-0.25, -0.2) is 0 Å². The lowest BCUT2D eigenvalue weighted by atomic mass is 10.7. The summed E-state index contributed by atoms with van der Waals surface area (Å²) in [4.78, 5) is 19.4. The van der Waals surface area contributed by atoms with Crippen LogP contribution in [0.15, 0.2) is 0 Å². The zero-order valence-electron chi connectivity index (χ0n) is 5.81. The van der Waals surface area contributed by atoms with Gasteiger partial charge in [0, 0.05) is 0 Å². The number of nitrogens with one attached hydrogen (secondary N) is 1. The molecule has 0 bridgehead atoms. The minimum atomic E-state index is -0.508. The Balaban J connectivity index is 0. The van der Waals surface area contributed by atoms with Crippen molar-refractivity contribution < 1.29 is 9.59 Å². The average molecular weight is 231 g/mol. The average Bonchev–Trinajstić information content (AvgIpc) is 2.06. The maximum atomic E-state index is 9.95. The Bertz CT molecular complexity index is 190. The maximum Gasteiger partial charge on any atom is 0.247 e. The van der Waals surface area contributed by atoms with E-state index in [1.165, 1.54) is 6.19 Å². The molecule has 7 heteroatoms. The van der Waals surface area contributed by atoms with Gasteiger partial charge in [0.15, 0.2) is 6.19 Å². The first-order valence-corrected chi connectivity index (χ1v) is 4.01. The molecule has 0 aromatic carbocycles. The molecule has 0 unspecified atom stereocenters. The lowest BCUT2D eigenvalue weighted by Gasteiger charge is -1.82. The molecule has 0 aromatic rings. The second-order valence-corrected chi connectivity index (χ2v) is 2.24. The van der Waals surface area contributed by atoms with Crippen molar-refractivity contribution in [3.05, 3.63) is 0 Å². The number of nitrogens with zero attached hydrogens (tertiary/aromatic N) is 1. The number of hydrogen-bond acceptors (Lipinski definition) is 3. The Morgan fingerprint density at radius 3 is 1.83 bits per heavy atom. The van der Waals surface area contributed by atoms with Crippen molar-refractivity contribution in [2.45, 2.75) is 0 Å². The first-order chi connectivity index (χ1) is 5.58. The normalized spacial score (nSPS) is 7.17. The molecule has 0 rings (SSSR count). The van der Waals surface area contributed by atoms with Crippen molar-refractivity contribution in [2.75, 3.05) is 11.8 Å². The second-order valence-electron chi connectivity index (χ2n) is 1.28. The number of amides is 1. The van der Waals surface area contributed by atoms with E-state index in [0.29, 0.717) is 0 Å². The summed E-state index contributed by atoms with van der Waals surface area (Å²) in [6.07, 6.45) is 1.43. The molecule has 1 amide bonds. The fourth-order valence-electron chi connectivity index (χ4n) is 0.0958. The van der Waals surface area contributed by atoms with Crippen LogP contribution in [0.5, 0.6) is 0 Å². The number of alkyl halides is 2. The van der Waals surface area contributed by atoms with Gasteiger partial charge in [0.05, 0.1) is 5.88 Å². The fraction of sp³-hybridized carbons (Fsp3) is 0.400. The van der Waals surface area contributed by atoms with Crippen LogP contribution in [0, 0.1) is 11.5 Å². The number of hydrogen-bond donors (Lipinski definition) is 1. The van der Waals surface area contributed by atoms with Crippen molar-refractivity contribution in [3.8, 4) is 6.19 Å². The van der Waals surface area contributed by atoms with E-state index in [0.717, 1.165) is 0 Å². The van der Waals surface area contributed by atoms with Crippen molar-refractivity contribution in [1.82, 2.24) is 5.32 Å². The van der Waals surface area contributed by atoms with Gasteiger partial charge in [0.25, 0.3) is 0 Å². The third-order valence-electron chi connectivity index (χ3n) is 0.422. The van der Waals surface area contributed by atoms with Gasteiger partial charge < -0.3 is 0 Å². The molecule has 0 aliphatic rings. The van der Waals surface area contributed by atoms with Gasteiger partial charge in [-0.3, -0.25) is 14.9 Å². The largest absolute Gasteiger partial charge is 0.280 e. The topological polar surface area (TPSA) is 70.0 Å². The summed E-state index contributed by atoms with van der Waals surface area (Å²) in [5.74, 6) is -0.723. The Labute approximate surface area is 84.4 Å². The number of carbonyl (C=O) groups is 2. The third-order valence-corrected chi connectivity index (χ3v) is 1.18. The molecule has 0 atom stereocenters. The molecule has 68 valence electrons. The van der Waals surface area contributed by atoms with Crippen LogP contribution in [0.3, 0.4) is 0 Å². The number of halogens is 3. The number of carbonyl (C=O) groups excluding carboxylic acids is 2. The van der Waals surface area contributed by atoms with Crippen LogP contribution in [0.2, 0.25) is 0 Å². The zero-order valence-corrected chi connectivity index (χ0v) is 8.08. The molecule has 0 radical (unpaired) electrons. The molecule has 0 heterocycles. The van der Waals surface area contributed by atoms with Crippen LogP contribution in [0.1, 0.15) is 0 Å². The monoisotopic (exact) mass is 230 g/mol. The first-order valence-electron chi connectivity index (χ1n) is 2.56. The van der Waals surface area contributed by atoms with Crippen LogP contribution in [-0.2, 0) is 9.59 Å². The molecule has 0 aliphatic carbocycles. The smallest absolute Gasteiger partial charge is 0.247 e. The Hall–Kier alpha value is -0.500. The van der Waals surface area contributed by atoms with Crippen LogP contribution in [0.4, 0.5) is 0 Å². The van der Waals surface area contributed by atoms with E-state index in [-0.39, 0.29) is 11.8 Å². The van der Waals surface area contributed by atoms with Crippen molar-refractivity contribution in [2.24, 2.45) is 0 Å². The van der Waals surface area contributed by atoms with Gasteiger partial charge >= 0.3 is 0 Å². The molecular weight excluding hydrogens is 226 g/mol. The first kappa shape index (κ1) is 14.0. The highest BCUT2D eigenvalue weighted by Gasteiger charge is 1.90. The Morgan fingerprint density at radius 1 is 1.33 bits per heavy atom. The van der Waals surface area contributed by atoms with Gasteiger partial charge in [-0.05, 0) is 11.6 Å². The lowest BCUT2D eigenvalue weighted by Crippen LogP contribution is -2.17. The lowest BCUT2D eigenvalue weighted by molar-refractivity contribution is -0.117. The van der Waals surface area contributed by atoms with E-state index in [4.69, 9.17) is 40.1 Å². The Morgan fingerprint density at radius 2 is 1.75 bits per heavy atom. The molecule has 0 aliphatic heterocycles. The summed E-state index contributed by atoms with van der Waals surface area (Å²) in [6.45, 7) is 0. The van der Waals surface area contributed by atoms with Gasteiger partial charge in [-0.15, -0.1) is 23.2 Å². The minimum Gasteiger partial charge on any atom is -0.280 e. The van der Waals surface area contributed by atoms with Gasteiger partial charge in [0.2, 0.25) is 11.1 Å². The van der Waals surface area contributed by atoms with E-state index in [2.05, 4.69) is 0 Å². The summed E-state index contributed by atoms with van der Waals surface area (Å²) >= 11 is 14.5. The third kappa shape index (κ3) is 16.2. The van der Waals surface area contributed by atoms with Crippen LogP contribution in [-0.4, -0.2) is 22.9 Å². The molecule has 0 spiro atoms. The molecular formula is C5H5Cl3N2O2. The molecule has 4 nitrogen and oxygen atoms in total. The van der Waals surface area contributed by atoms with Gasteiger partial charge in [-0.2, -0.15) is 5.26 Å². The molecule has 0 fully saturated rings. The predicted molar refractivity (Wildman–Crippen MR) is 46.1 cm³/mol. The number of nitriles is 1. The number of rotatable bonds is 2. The maximum absolute atomic E-state index is 9.95. The van der Waals surface area contributed by atoms with Crippen molar-refractivity contribution in [3.63, 3.8) is 0 Å². The SMILES string of the molecule is N#CNC(=O)CCl.O=C(Cl)CCl. The molecule has 0 saturated heterocycles. The van der Waals surface area contributed by atoms with Gasteiger partial charge in [0.1, 0.15) is 5.88 Å². The Kier molecular flexibility index (Phi) is 12.3. The predicted octanol–water partition coefficient (Wildman–Crippen LogP) is 0.813. The van der Waals surface area contributed by atoms with Crippen LogP contribution >= 0.6 is 34.8 Å². The quantitative estimate of drug-likeness (QED) is 0.331. The highest BCUT2D eigenvalue weighted by atomic mass is 35.5. The summed E-state index contributed by atoms with van der Waals surface area (Å²) < 4.78 is 0. The summed E-state index contributed by atoms with van der Waals surface area (Å²) in [5.41, 5.74) is 0. The molecule has 0 aromatic heterocycles. The summed E-state index contributed by atoms with van der Waals surface area (Å²) in [7, 11) is 0. The van der Waals surface area contributed by atoms with E-state index in [1.54, 1.807) is 0 Å². The highest BCUT2D eigenvalue weighted by molar-refractivity contribution is 6.67. The zero-order chi connectivity index (χ0) is 9.98. The van der Waals surface area contributed by atoms with E-state index in [9.17, 15) is 9.59 Å². The van der Waals surface area contributed by atoms with Crippen LogP contribution in [0.25, 0.3) is 0 Å².